The van der Waals surface area contributed by atoms with E-state index in [-0.39, 0.29) is 0 Å². The van der Waals surface area contributed by atoms with Crippen molar-refractivity contribution in [1.82, 2.24) is 10.2 Å². The predicted octanol–water partition coefficient (Wildman–Crippen LogP) is 2.87. The molecule has 17 heavy (non-hydrogen) atoms. The van der Waals surface area contributed by atoms with Gasteiger partial charge in [-0.25, -0.2) is 0 Å². The fourth-order valence-electron chi connectivity index (χ4n) is 2.45. The van der Waals surface area contributed by atoms with Crippen molar-refractivity contribution in [2.45, 2.75) is 32.4 Å². The van der Waals surface area contributed by atoms with Gasteiger partial charge in [-0.1, -0.05) is 19.1 Å². The molecule has 1 aliphatic rings. The van der Waals surface area contributed by atoms with Crippen molar-refractivity contribution in [3.8, 4) is 0 Å². The smallest absolute Gasteiger partial charge is 0.0237 e. The molecule has 0 saturated carbocycles. The second-order valence-electron chi connectivity index (χ2n) is 4.74. The Morgan fingerprint density at radius 1 is 1.35 bits per heavy atom. The van der Waals surface area contributed by atoms with Crippen LogP contribution in [0.5, 0.6) is 0 Å². The quantitative estimate of drug-likeness (QED) is 0.827. The molecule has 0 aliphatic carbocycles. The minimum absolute atomic E-state index is 0.731. The first-order valence-corrected chi connectivity index (χ1v) is 7.56. The standard InChI is InChI=1S/C14H21IN2/c1-2-9-17(14-7-8-16-10-14)11-12-3-5-13(15)6-4-12/h3-6,14,16H,2,7-11H2,1H3. The molecule has 0 spiro atoms. The molecule has 0 amide bonds. The lowest BCUT2D eigenvalue weighted by atomic mass is 10.1. The monoisotopic (exact) mass is 344 g/mol. The molecule has 1 fully saturated rings. The van der Waals surface area contributed by atoms with Crippen molar-refractivity contribution in [2.24, 2.45) is 0 Å². The number of halogens is 1. The van der Waals surface area contributed by atoms with Crippen LogP contribution in [0.25, 0.3) is 0 Å². The number of benzene rings is 1. The Bertz CT molecular complexity index is 331. The Kier molecular flexibility index (Phi) is 5.25. The molecule has 1 heterocycles. The largest absolute Gasteiger partial charge is 0.315 e. The van der Waals surface area contributed by atoms with E-state index in [4.69, 9.17) is 0 Å². The van der Waals surface area contributed by atoms with E-state index in [0.717, 1.165) is 19.1 Å². The minimum atomic E-state index is 0.731. The fraction of sp³-hybridized carbons (Fsp3) is 0.571. The summed E-state index contributed by atoms with van der Waals surface area (Å²) in [6.07, 6.45) is 2.53. The van der Waals surface area contributed by atoms with E-state index in [9.17, 15) is 0 Å². The van der Waals surface area contributed by atoms with E-state index >= 15 is 0 Å². The number of rotatable bonds is 5. The van der Waals surface area contributed by atoms with Gasteiger partial charge in [0.25, 0.3) is 0 Å². The van der Waals surface area contributed by atoms with Gasteiger partial charge in [0.15, 0.2) is 0 Å². The van der Waals surface area contributed by atoms with Gasteiger partial charge in [-0.3, -0.25) is 4.90 Å². The van der Waals surface area contributed by atoms with Crippen LogP contribution in [0.3, 0.4) is 0 Å². The van der Waals surface area contributed by atoms with Gasteiger partial charge in [-0.2, -0.15) is 0 Å². The summed E-state index contributed by atoms with van der Waals surface area (Å²) in [7, 11) is 0. The highest BCUT2D eigenvalue weighted by Crippen LogP contribution is 2.15. The van der Waals surface area contributed by atoms with Crippen molar-refractivity contribution >= 4 is 22.6 Å². The van der Waals surface area contributed by atoms with Crippen LogP contribution in [0.15, 0.2) is 24.3 Å². The van der Waals surface area contributed by atoms with Crippen LogP contribution in [-0.4, -0.2) is 30.6 Å². The van der Waals surface area contributed by atoms with Crippen LogP contribution in [0.2, 0.25) is 0 Å². The van der Waals surface area contributed by atoms with Gasteiger partial charge in [0, 0.05) is 22.7 Å². The molecule has 1 atom stereocenters. The van der Waals surface area contributed by atoms with Gasteiger partial charge >= 0.3 is 0 Å². The molecule has 0 bridgehead atoms. The SMILES string of the molecule is CCCN(Cc1ccc(I)cc1)C1CCNC1. The Morgan fingerprint density at radius 3 is 2.71 bits per heavy atom. The van der Waals surface area contributed by atoms with Crippen LogP contribution in [0, 0.1) is 3.57 Å². The van der Waals surface area contributed by atoms with Crippen LogP contribution in [0.4, 0.5) is 0 Å². The van der Waals surface area contributed by atoms with Crippen LogP contribution >= 0.6 is 22.6 Å². The molecule has 1 aromatic carbocycles. The molecule has 1 unspecified atom stereocenters. The first-order chi connectivity index (χ1) is 8.29. The van der Waals surface area contributed by atoms with Crippen molar-refractivity contribution < 1.29 is 0 Å². The first kappa shape index (κ1) is 13.3. The lowest BCUT2D eigenvalue weighted by Crippen LogP contribution is -2.36. The average Bonchev–Trinajstić information content (AvgIpc) is 2.85. The minimum Gasteiger partial charge on any atom is -0.315 e. The van der Waals surface area contributed by atoms with E-state index in [1.165, 1.54) is 35.1 Å². The summed E-state index contributed by atoms with van der Waals surface area (Å²) in [4.78, 5) is 2.63. The zero-order chi connectivity index (χ0) is 12.1. The maximum atomic E-state index is 3.46. The molecule has 1 N–H and O–H groups in total. The van der Waals surface area contributed by atoms with Crippen molar-refractivity contribution in [2.75, 3.05) is 19.6 Å². The normalized spacial score (nSPS) is 20.1. The summed E-state index contributed by atoms with van der Waals surface area (Å²) in [5.74, 6) is 0. The molecule has 2 rings (SSSR count). The molecular formula is C14H21IN2. The van der Waals surface area contributed by atoms with Gasteiger partial charge in [-0.05, 0) is 66.2 Å². The van der Waals surface area contributed by atoms with E-state index < -0.39 is 0 Å². The third-order valence-electron chi connectivity index (χ3n) is 3.36. The van der Waals surface area contributed by atoms with Gasteiger partial charge in [0.2, 0.25) is 0 Å². The number of nitrogens with zero attached hydrogens (tertiary/aromatic N) is 1. The summed E-state index contributed by atoms with van der Waals surface area (Å²) in [5.41, 5.74) is 1.44. The van der Waals surface area contributed by atoms with Gasteiger partial charge in [0.05, 0.1) is 0 Å². The summed E-state index contributed by atoms with van der Waals surface area (Å²) in [6.45, 7) is 6.90. The number of nitrogens with one attached hydrogen (secondary N) is 1. The molecule has 0 radical (unpaired) electrons. The molecule has 3 heteroatoms. The van der Waals surface area contributed by atoms with Crippen LogP contribution in [0.1, 0.15) is 25.3 Å². The summed E-state index contributed by atoms with van der Waals surface area (Å²) < 4.78 is 1.32. The number of hydrogen-bond acceptors (Lipinski definition) is 2. The fourth-order valence-corrected chi connectivity index (χ4v) is 2.81. The van der Waals surface area contributed by atoms with Gasteiger partial charge < -0.3 is 5.32 Å². The number of hydrogen-bond donors (Lipinski definition) is 1. The summed E-state index contributed by atoms with van der Waals surface area (Å²) in [6, 6.07) is 9.65. The van der Waals surface area contributed by atoms with E-state index in [0.29, 0.717) is 0 Å². The summed E-state index contributed by atoms with van der Waals surface area (Å²) in [5, 5.41) is 3.46. The molecule has 1 saturated heterocycles. The van der Waals surface area contributed by atoms with Crippen molar-refractivity contribution in [3.63, 3.8) is 0 Å². The van der Waals surface area contributed by atoms with E-state index in [1.54, 1.807) is 0 Å². The molecule has 1 aliphatic heterocycles. The van der Waals surface area contributed by atoms with Gasteiger partial charge in [0.1, 0.15) is 0 Å². The van der Waals surface area contributed by atoms with Crippen LogP contribution in [-0.2, 0) is 6.54 Å². The average molecular weight is 344 g/mol. The lowest BCUT2D eigenvalue weighted by Gasteiger charge is -2.28. The van der Waals surface area contributed by atoms with Gasteiger partial charge in [-0.15, -0.1) is 0 Å². The van der Waals surface area contributed by atoms with Crippen molar-refractivity contribution in [3.05, 3.63) is 33.4 Å². The Balaban J connectivity index is 1.98. The first-order valence-electron chi connectivity index (χ1n) is 6.49. The highest BCUT2D eigenvalue weighted by molar-refractivity contribution is 14.1. The second-order valence-corrected chi connectivity index (χ2v) is 5.99. The third kappa shape index (κ3) is 3.93. The van der Waals surface area contributed by atoms with E-state index in [2.05, 4.69) is 64.0 Å². The Hall–Kier alpha value is -0.130. The van der Waals surface area contributed by atoms with E-state index in [1.807, 2.05) is 0 Å². The molecule has 0 aromatic heterocycles. The zero-order valence-corrected chi connectivity index (χ0v) is 12.6. The highest BCUT2D eigenvalue weighted by Gasteiger charge is 2.21. The second kappa shape index (κ2) is 6.71. The molecular weight excluding hydrogens is 323 g/mol. The summed E-state index contributed by atoms with van der Waals surface area (Å²) >= 11 is 2.36. The third-order valence-corrected chi connectivity index (χ3v) is 4.08. The Morgan fingerprint density at radius 2 is 2.12 bits per heavy atom. The lowest BCUT2D eigenvalue weighted by molar-refractivity contribution is 0.199. The highest BCUT2D eigenvalue weighted by atomic mass is 127. The van der Waals surface area contributed by atoms with Crippen molar-refractivity contribution in [1.29, 1.82) is 0 Å². The topological polar surface area (TPSA) is 15.3 Å². The molecule has 1 aromatic rings. The predicted molar refractivity (Wildman–Crippen MR) is 81.1 cm³/mol. The zero-order valence-electron chi connectivity index (χ0n) is 10.5. The maximum Gasteiger partial charge on any atom is 0.0237 e. The Labute approximate surface area is 118 Å². The van der Waals surface area contributed by atoms with Crippen LogP contribution < -0.4 is 5.32 Å². The maximum absolute atomic E-state index is 3.46. The molecule has 94 valence electrons. The molecule has 2 nitrogen and oxygen atoms in total.